The topological polar surface area (TPSA) is 42.7 Å². The zero-order chi connectivity index (χ0) is 20.6. The number of rotatable bonds is 4. The number of nitrogens with zero attached hydrogens (tertiary/aromatic N) is 3. The van der Waals surface area contributed by atoms with E-state index in [1.54, 1.807) is 0 Å². The highest BCUT2D eigenvalue weighted by Gasteiger charge is 2.35. The molecule has 10 heteroatoms. The molecule has 3 aromatic rings. The normalized spacial score (nSPS) is 11.5. The average Bonchev–Trinajstić information content (AvgIpc) is 2.97. The number of anilines is 1. The molecule has 0 fully saturated rings. The predicted octanol–water partition coefficient (Wildman–Crippen LogP) is 5.00. The van der Waals surface area contributed by atoms with Crippen molar-refractivity contribution in [3.8, 4) is 11.3 Å². The quantitative estimate of drug-likeness (QED) is 0.629. The van der Waals surface area contributed by atoms with Crippen LogP contribution in [0.5, 0.6) is 0 Å². The smallest absolute Gasteiger partial charge is 0.340 e. The van der Waals surface area contributed by atoms with Crippen LogP contribution < -0.4 is 5.32 Å². The molecule has 3 rings (SSSR count). The molecule has 1 N–H and O–H groups in total. The van der Waals surface area contributed by atoms with E-state index >= 15 is 0 Å². The van der Waals surface area contributed by atoms with Gasteiger partial charge in [-0.25, -0.2) is 18.2 Å². The van der Waals surface area contributed by atoms with Crippen molar-refractivity contribution in [2.45, 2.75) is 6.18 Å². The number of aromatic nitrogens is 3. The Morgan fingerprint density at radius 3 is 2.25 bits per heavy atom. The summed E-state index contributed by atoms with van der Waals surface area (Å²) in [7, 11) is 1.24. The molecule has 0 radical (unpaired) electrons. The molecule has 0 saturated heterocycles. The van der Waals surface area contributed by atoms with Crippen molar-refractivity contribution in [2.75, 3.05) is 5.32 Å². The second-order valence-electron chi connectivity index (χ2n) is 5.79. The van der Waals surface area contributed by atoms with Gasteiger partial charge in [-0.3, -0.25) is 4.68 Å². The molecule has 0 aliphatic rings. The van der Waals surface area contributed by atoms with Gasteiger partial charge in [-0.15, -0.1) is 0 Å². The summed E-state index contributed by atoms with van der Waals surface area (Å²) in [6, 6.07) is 4.81. The fourth-order valence-electron chi connectivity index (χ4n) is 2.55. The molecule has 0 atom stereocenters. The van der Waals surface area contributed by atoms with E-state index in [0.717, 1.165) is 29.1 Å². The van der Waals surface area contributed by atoms with E-state index in [-0.39, 0.29) is 22.8 Å². The molecule has 2 aromatic heterocycles. The molecular formula is C18H12F6N4. The Balaban J connectivity index is 1.89. The van der Waals surface area contributed by atoms with Gasteiger partial charge in [-0.2, -0.15) is 18.3 Å². The number of halogens is 6. The van der Waals surface area contributed by atoms with E-state index in [1.165, 1.54) is 13.1 Å². The van der Waals surface area contributed by atoms with Crippen molar-refractivity contribution >= 4 is 11.5 Å². The Morgan fingerprint density at radius 1 is 1.07 bits per heavy atom. The molecular weight excluding hydrogens is 386 g/mol. The summed E-state index contributed by atoms with van der Waals surface area (Å²) >= 11 is 0. The fourth-order valence-corrected chi connectivity index (χ4v) is 2.55. The summed E-state index contributed by atoms with van der Waals surface area (Å²) < 4.78 is 81.2. The molecule has 146 valence electrons. The molecule has 0 aliphatic heterocycles. The maximum absolute atomic E-state index is 14.5. The van der Waals surface area contributed by atoms with Gasteiger partial charge in [0.25, 0.3) is 0 Å². The molecule has 2 heterocycles. The third-order valence-corrected chi connectivity index (χ3v) is 3.84. The zero-order valence-corrected chi connectivity index (χ0v) is 14.3. The van der Waals surface area contributed by atoms with Crippen LogP contribution in [0.4, 0.5) is 32.2 Å². The van der Waals surface area contributed by atoms with Crippen molar-refractivity contribution < 1.29 is 26.3 Å². The molecule has 0 spiro atoms. The maximum Gasteiger partial charge on any atom is 0.435 e. The second-order valence-corrected chi connectivity index (χ2v) is 5.79. The van der Waals surface area contributed by atoms with Gasteiger partial charge in [0.2, 0.25) is 0 Å². The van der Waals surface area contributed by atoms with E-state index in [0.29, 0.717) is 6.07 Å². The first-order valence-corrected chi connectivity index (χ1v) is 7.75. The second kappa shape index (κ2) is 7.02. The Kier molecular flexibility index (Phi) is 4.88. The van der Waals surface area contributed by atoms with Crippen molar-refractivity contribution in [3.63, 3.8) is 0 Å². The Morgan fingerprint density at radius 2 is 1.71 bits per heavy atom. The lowest BCUT2D eigenvalue weighted by molar-refractivity contribution is -0.141. The molecule has 0 unspecified atom stereocenters. The van der Waals surface area contributed by atoms with Gasteiger partial charge >= 0.3 is 6.18 Å². The third-order valence-electron chi connectivity index (χ3n) is 3.84. The summed E-state index contributed by atoms with van der Waals surface area (Å²) in [5.41, 5.74) is -2.16. The number of hydrogen-bond acceptors (Lipinski definition) is 3. The number of nitrogens with one attached hydrogen (secondary N) is 1. The molecule has 0 saturated carbocycles. The van der Waals surface area contributed by atoms with Crippen LogP contribution in [0.3, 0.4) is 0 Å². The lowest BCUT2D eigenvalue weighted by atomic mass is 10.1. The average molecular weight is 398 g/mol. The van der Waals surface area contributed by atoms with Crippen LogP contribution in [-0.2, 0) is 13.2 Å². The number of pyridine rings is 1. The lowest BCUT2D eigenvalue weighted by Gasteiger charge is -2.12. The van der Waals surface area contributed by atoms with E-state index < -0.39 is 34.9 Å². The minimum atomic E-state index is -4.68. The van der Waals surface area contributed by atoms with Gasteiger partial charge in [-0.1, -0.05) is 12.6 Å². The Labute approximate surface area is 155 Å². The minimum Gasteiger partial charge on any atom is -0.340 e. The van der Waals surface area contributed by atoms with Crippen LogP contribution in [0.15, 0.2) is 43.1 Å². The first-order chi connectivity index (χ1) is 13.1. The van der Waals surface area contributed by atoms with Gasteiger partial charge < -0.3 is 5.32 Å². The molecule has 4 nitrogen and oxygen atoms in total. The third kappa shape index (κ3) is 3.71. The number of aryl methyl sites for hydroxylation is 1. The highest BCUT2D eigenvalue weighted by atomic mass is 19.4. The lowest BCUT2D eigenvalue weighted by Crippen LogP contribution is -2.06. The van der Waals surface area contributed by atoms with Gasteiger partial charge in [-0.05, 0) is 18.2 Å². The summed E-state index contributed by atoms with van der Waals surface area (Å²) in [6.45, 7) is 3.50. The van der Waals surface area contributed by atoms with E-state index in [9.17, 15) is 26.3 Å². The van der Waals surface area contributed by atoms with Crippen molar-refractivity contribution in [1.29, 1.82) is 0 Å². The highest BCUT2D eigenvalue weighted by Crippen LogP contribution is 2.32. The summed E-state index contributed by atoms with van der Waals surface area (Å²) in [5, 5.41) is 5.79. The van der Waals surface area contributed by atoms with Crippen LogP contribution >= 0.6 is 0 Å². The Hall–Kier alpha value is -3.30. The zero-order valence-electron chi connectivity index (χ0n) is 14.3. The summed E-state index contributed by atoms with van der Waals surface area (Å²) in [4.78, 5) is 3.87. The molecule has 0 amide bonds. The van der Waals surface area contributed by atoms with E-state index in [2.05, 4.69) is 22.0 Å². The van der Waals surface area contributed by atoms with Crippen LogP contribution in [0, 0.1) is 17.5 Å². The van der Waals surface area contributed by atoms with Crippen molar-refractivity contribution in [3.05, 3.63) is 71.8 Å². The van der Waals surface area contributed by atoms with Crippen LogP contribution in [0.1, 0.15) is 11.3 Å². The SMILES string of the molecule is C=C(Nc1cc(F)c(-c2cc(C(F)(F)F)nn2C)cn1)c1c(F)cccc1F. The monoisotopic (exact) mass is 398 g/mol. The molecule has 28 heavy (non-hydrogen) atoms. The van der Waals surface area contributed by atoms with Crippen LogP contribution in [-0.4, -0.2) is 14.8 Å². The largest absolute Gasteiger partial charge is 0.435 e. The van der Waals surface area contributed by atoms with Crippen LogP contribution in [0.2, 0.25) is 0 Å². The summed E-state index contributed by atoms with van der Waals surface area (Å²) in [5.74, 6) is -2.78. The van der Waals surface area contributed by atoms with Crippen molar-refractivity contribution in [2.24, 2.45) is 7.05 Å². The fraction of sp³-hybridized carbons (Fsp3) is 0.111. The van der Waals surface area contributed by atoms with Crippen LogP contribution in [0.25, 0.3) is 17.0 Å². The number of hydrogen-bond donors (Lipinski definition) is 1. The van der Waals surface area contributed by atoms with Crippen molar-refractivity contribution in [1.82, 2.24) is 14.8 Å². The van der Waals surface area contributed by atoms with Gasteiger partial charge in [0.05, 0.1) is 16.8 Å². The minimum absolute atomic E-state index is 0.132. The van der Waals surface area contributed by atoms with E-state index in [4.69, 9.17) is 0 Å². The number of alkyl halides is 3. The molecule has 0 aliphatic carbocycles. The predicted molar refractivity (Wildman–Crippen MR) is 90.4 cm³/mol. The van der Waals surface area contributed by atoms with Gasteiger partial charge in [0.15, 0.2) is 5.69 Å². The van der Waals surface area contributed by atoms with Gasteiger partial charge in [0, 0.05) is 25.0 Å². The first kappa shape index (κ1) is 19.5. The Bertz CT molecular complexity index is 1030. The van der Waals surface area contributed by atoms with E-state index in [1.807, 2.05) is 0 Å². The highest BCUT2D eigenvalue weighted by molar-refractivity contribution is 5.75. The molecule has 0 bridgehead atoms. The standard InChI is InChI=1S/C18H12F6N4/c1-9(17-11(19)4-3-5-12(17)20)26-16-6-13(21)10(8-25-16)14-7-15(18(22,23)24)27-28(14)2/h3-8H,1H2,2H3,(H,25,26). The van der Waals surface area contributed by atoms with Gasteiger partial charge in [0.1, 0.15) is 23.3 Å². The first-order valence-electron chi connectivity index (χ1n) is 7.75. The number of benzene rings is 1. The molecule has 1 aromatic carbocycles. The maximum atomic E-state index is 14.5. The summed E-state index contributed by atoms with van der Waals surface area (Å²) in [6.07, 6.45) is -3.69.